The van der Waals surface area contributed by atoms with E-state index in [9.17, 15) is 30.3 Å². The third kappa shape index (κ3) is 3.76. The smallest absolute Gasteiger partial charge is 0.338 e. The van der Waals surface area contributed by atoms with Gasteiger partial charge in [-0.25, -0.2) is 4.79 Å². The van der Waals surface area contributed by atoms with E-state index in [4.69, 9.17) is 23.7 Å². The van der Waals surface area contributed by atoms with Crippen molar-refractivity contribution in [2.45, 2.75) is 80.2 Å². The number of rotatable bonds is 6. The average molecular weight is 482 g/mol. The molecule has 5 N–H and O–H groups in total. The van der Waals surface area contributed by atoms with Crippen LogP contribution in [0.15, 0.2) is 30.3 Å². The standard InChI is InChI=1S/C23H30O11/c1-21-8-7-14-22(20(33-21)34-23(14,29)10-21,11-30-18(28)12-5-3-2-4-6-12)32-19-17(27)16(26)15(25)13(9-24)31-19/h2-6,13-17,19-20,24-27,29H,7-11H2,1H3/t13-,14-,15-,16+,17-,19+,20?,21+,22-,23-/m1/s1. The minimum atomic E-state index is -1.69. The molecule has 4 aliphatic rings. The lowest BCUT2D eigenvalue weighted by molar-refractivity contribution is -0.379. The molecule has 3 bridgehead atoms. The van der Waals surface area contributed by atoms with Gasteiger partial charge in [-0.3, -0.25) is 0 Å². The van der Waals surface area contributed by atoms with Crippen LogP contribution < -0.4 is 0 Å². The molecule has 1 saturated carbocycles. The minimum absolute atomic E-state index is 0.174. The van der Waals surface area contributed by atoms with Gasteiger partial charge in [0.2, 0.25) is 0 Å². The molecule has 0 radical (unpaired) electrons. The Morgan fingerprint density at radius 3 is 2.56 bits per heavy atom. The summed E-state index contributed by atoms with van der Waals surface area (Å²) in [5.74, 6) is -2.97. The maximum atomic E-state index is 12.7. The van der Waals surface area contributed by atoms with Crippen LogP contribution >= 0.6 is 0 Å². The van der Waals surface area contributed by atoms with Gasteiger partial charge in [0, 0.05) is 6.42 Å². The Hall–Kier alpha value is -1.67. The summed E-state index contributed by atoms with van der Waals surface area (Å²) in [6, 6.07) is 8.33. The van der Waals surface area contributed by atoms with E-state index in [0.717, 1.165) is 0 Å². The average Bonchev–Trinajstić information content (AvgIpc) is 2.92. The Morgan fingerprint density at radius 1 is 1.12 bits per heavy atom. The van der Waals surface area contributed by atoms with E-state index in [1.807, 2.05) is 6.92 Å². The molecule has 3 heterocycles. The maximum Gasteiger partial charge on any atom is 0.338 e. The van der Waals surface area contributed by atoms with Gasteiger partial charge in [-0.1, -0.05) is 18.2 Å². The van der Waals surface area contributed by atoms with Gasteiger partial charge in [-0.05, 0) is 31.9 Å². The minimum Gasteiger partial charge on any atom is -0.459 e. The molecule has 1 aromatic rings. The summed E-state index contributed by atoms with van der Waals surface area (Å²) in [6.07, 6.45) is -7.66. The molecule has 1 aliphatic carbocycles. The first kappa shape index (κ1) is 24.0. The SMILES string of the molecule is C[C@]12CC[C@H]3[C@@](O)(C1)OC(O2)[C@]3(COC(=O)c1ccccc1)O[C@@H]1O[C@H](CO)[C@@H](O)[C@H](O)[C@H]1O. The number of benzene rings is 1. The number of aliphatic hydroxyl groups is 5. The van der Waals surface area contributed by atoms with Crippen LogP contribution in [0.5, 0.6) is 0 Å². The summed E-state index contributed by atoms with van der Waals surface area (Å²) in [4.78, 5) is 12.7. The molecule has 4 fully saturated rings. The summed E-state index contributed by atoms with van der Waals surface area (Å²) >= 11 is 0. The van der Waals surface area contributed by atoms with Crippen molar-refractivity contribution in [3.05, 3.63) is 35.9 Å². The van der Waals surface area contributed by atoms with Crippen molar-refractivity contribution in [3.8, 4) is 0 Å². The summed E-state index contributed by atoms with van der Waals surface area (Å²) in [6.45, 7) is 0.815. The number of hydrogen-bond acceptors (Lipinski definition) is 11. The fraction of sp³-hybridized carbons (Fsp3) is 0.696. The van der Waals surface area contributed by atoms with Gasteiger partial charge in [-0.2, -0.15) is 0 Å². The first-order chi connectivity index (χ1) is 16.1. The van der Waals surface area contributed by atoms with Gasteiger partial charge in [0.15, 0.2) is 24.0 Å². The summed E-state index contributed by atoms with van der Waals surface area (Å²) < 4.78 is 29.3. The molecule has 11 heteroatoms. The Kier molecular flexibility index (Phi) is 5.99. The zero-order chi connectivity index (χ0) is 24.3. The molecule has 3 saturated heterocycles. The lowest BCUT2D eigenvalue weighted by Gasteiger charge is -2.46. The van der Waals surface area contributed by atoms with Gasteiger partial charge in [-0.15, -0.1) is 0 Å². The predicted octanol–water partition coefficient (Wildman–Crippen LogP) is -0.967. The summed E-state index contributed by atoms with van der Waals surface area (Å²) in [5.41, 5.74) is -1.98. The first-order valence-corrected chi connectivity index (χ1v) is 11.4. The molecule has 11 nitrogen and oxygen atoms in total. The van der Waals surface area contributed by atoms with Crippen LogP contribution in [0.2, 0.25) is 0 Å². The molecule has 1 aromatic carbocycles. The van der Waals surface area contributed by atoms with Gasteiger partial charge in [0.25, 0.3) is 0 Å². The van der Waals surface area contributed by atoms with E-state index in [1.54, 1.807) is 30.3 Å². The second kappa shape index (κ2) is 8.47. The number of fused-ring (bicyclic) bond motifs is 2. The normalized spacial score (nSPS) is 47.5. The van der Waals surface area contributed by atoms with Crippen LogP contribution in [0.4, 0.5) is 0 Å². The Morgan fingerprint density at radius 2 is 1.85 bits per heavy atom. The Bertz CT molecular complexity index is 911. The van der Waals surface area contributed by atoms with Gasteiger partial charge >= 0.3 is 5.97 Å². The van der Waals surface area contributed by atoms with Crippen molar-refractivity contribution >= 4 is 5.97 Å². The number of carbonyl (C=O) groups excluding carboxylic acids is 1. The second-order valence-corrected chi connectivity index (χ2v) is 9.84. The summed E-state index contributed by atoms with van der Waals surface area (Å²) in [5, 5.41) is 51.8. The molecule has 188 valence electrons. The molecule has 5 rings (SSSR count). The molecule has 3 aliphatic heterocycles. The van der Waals surface area contributed by atoms with Gasteiger partial charge < -0.3 is 49.2 Å². The van der Waals surface area contributed by atoms with Crippen molar-refractivity contribution in [3.63, 3.8) is 0 Å². The number of carbonyl (C=O) groups is 1. The third-order valence-corrected chi connectivity index (χ3v) is 7.45. The molecular weight excluding hydrogens is 452 g/mol. The van der Waals surface area contributed by atoms with Gasteiger partial charge in [0.1, 0.15) is 31.0 Å². The fourth-order valence-corrected chi connectivity index (χ4v) is 5.66. The monoisotopic (exact) mass is 482 g/mol. The fourth-order valence-electron chi connectivity index (χ4n) is 5.66. The van der Waals surface area contributed by atoms with Crippen molar-refractivity contribution in [2.24, 2.45) is 5.92 Å². The molecular formula is C23H30O11. The lowest BCUT2D eigenvalue weighted by atomic mass is 9.71. The maximum absolute atomic E-state index is 12.7. The highest BCUT2D eigenvalue weighted by atomic mass is 16.8. The van der Waals surface area contributed by atoms with E-state index >= 15 is 0 Å². The van der Waals surface area contributed by atoms with Crippen molar-refractivity contribution in [2.75, 3.05) is 13.2 Å². The molecule has 0 aromatic heterocycles. The third-order valence-electron chi connectivity index (χ3n) is 7.45. The van der Waals surface area contributed by atoms with Gasteiger partial charge in [0.05, 0.1) is 23.7 Å². The molecule has 0 amide bonds. The van der Waals surface area contributed by atoms with Crippen LogP contribution in [-0.2, 0) is 23.7 Å². The molecule has 1 unspecified atom stereocenters. The van der Waals surface area contributed by atoms with Crippen molar-refractivity contribution in [1.29, 1.82) is 0 Å². The second-order valence-electron chi connectivity index (χ2n) is 9.84. The quantitative estimate of drug-likeness (QED) is 0.317. The van der Waals surface area contributed by atoms with Crippen LogP contribution in [0.1, 0.15) is 36.5 Å². The largest absolute Gasteiger partial charge is 0.459 e. The number of ether oxygens (including phenoxy) is 5. The lowest BCUT2D eigenvalue weighted by Crippen LogP contribution is -2.63. The topological polar surface area (TPSA) is 164 Å². The highest BCUT2D eigenvalue weighted by Gasteiger charge is 2.74. The number of aliphatic hydroxyl groups excluding tert-OH is 4. The van der Waals surface area contributed by atoms with E-state index in [-0.39, 0.29) is 6.42 Å². The molecule has 10 atom stereocenters. The van der Waals surface area contributed by atoms with E-state index < -0.39 is 79.1 Å². The van der Waals surface area contributed by atoms with Crippen LogP contribution in [0, 0.1) is 5.92 Å². The van der Waals surface area contributed by atoms with Crippen molar-refractivity contribution < 1.29 is 54.0 Å². The number of esters is 1. The van der Waals surface area contributed by atoms with E-state index in [0.29, 0.717) is 18.4 Å². The Balaban J connectivity index is 1.47. The zero-order valence-electron chi connectivity index (χ0n) is 18.6. The van der Waals surface area contributed by atoms with Crippen LogP contribution in [0.3, 0.4) is 0 Å². The van der Waals surface area contributed by atoms with E-state index in [1.165, 1.54) is 0 Å². The van der Waals surface area contributed by atoms with E-state index in [2.05, 4.69) is 0 Å². The zero-order valence-corrected chi connectivity index (χ0v) is 18.6. The Labute approximate surface area is 195 Å². The van der Waals surface area contributed by atoms with Crippen LogP contribution in [0.25, 0.3) is 0 Å². The van der Waals surface area contributed by atoms with Crippen molar-refractivity contribution in [1.82, 2.24) is 0 Å². The number of hydrogen-bond donors (Lipinski definition) is 5. The summed E-state index contributed by atoms with van der Waals surface area (Å²) in [7, 11) is 0. The predicted molar refractivity (Wildman–Crippen MR) is 111 cm³/mol. The first-order valence-electron chi connectivity index (χ1n) is 11.4. The molecule has 0 spiro atoms. The van der Waals surface area contributed by atoms with Crippen LogP contribution in [-0.4, -0.2) is 98.7 Å². The molecule has 34 heavy (non-hydrogen) atoms. The highest BCUT2D eigenvalue weighted by molar-refractivity contribution is 5.89. The highest BCUT2D eigenvalue weighted by Crippen LogP contribution is 2.60.